The fourth-order valence-electron chi connectivity index (χ4n) is 4.41. The third-order valence-corrected chi connectivity index (χ3v) is 6.86. The van der Waals surface area contributed by atoms with E-state index in [0.29, 0.717) is 45.1 Å². The second-order valence-corrected chi connectivity index (χ2v) is 10.4. The van der Waals surface area contributed by atoms with E-state index in [1.807, 2.05) is 20.8 Å². The van der Waals surface area contributed by atoms with Crippen molar-refractivity contribution in [1.29, 1.82) is 0 Å². The molecule has 0 atom stereocenters. The van der Waals surface area contributed by atoms with Gasteiger partial charge in [-0.25, -0.2) is 16.8 Å². The number of aryl methyl sites for hydroxylation is 2. The van der Waals surface area contributed by atoms with Gasteiger partial charge in [-0.2, -0.15) is 0 Å². The Kier molecular flexibility index (Phi) is 3.93. The van der Waals surface area contributed by atoms with Gasteiger partial charge in [-0.3, -0.25) is 4.57 Å². The Morgan fingerprint density at radius 2 is 1.84 bits per heavy atom. The molecule has 7 nitrogen and oxygen atoms in total. The van der Waals surface area contributed by atoms with Crippen molar-refractivity contribution in [2.45, 2.75) is 33.2 Å². The minimum Gasteiger partial charge on any atom is -0.371 e. The first-order valence-corrected chi connectivity index (χ1v) is 11.7. The van der Waals surface area contributed by atoms with Gasteiger partial charge in [0.15, 0.2) is 11.6 Å². The summed E-state index contributed by atoms with van der Waals surface area (Å²) in [6.45, 7) is 7.69. The van der Waals surface area contributed by atoms with Crippen LogP contribution in [0.25, 0.3) is 27.7 Å². The Morgan fingerprint density at radius 3 is 2.55 bits per heavy atom. The Labute approximate surface area is 179 Å². The molecule has 0 bridgehead atoms. The van der Waals surface area contributed by atoms with E-state index in [0.717, 1.165) is 11.8 Å². The molecule has 0 spiro atoms. The predicted octanol–water partition coefficient (Wildman–Crippen LogP) is 4.11. The Bertz CT molecular complexity index is 1500. The average molecular weight is 440 g/mol. The molecule has 1 aliphatic rings. The molecule has 0 saturated heterocycles. The second-order valence-electron chi connectivity index (χ2n) is 8.55. The summed E-state index contributed by atoms with van der Waals surface area (Å²) in [4.78, 5) is 0. The normalized spacial score (nSPS) is 14.9. The van der Waals surface area contributed by atoms with Gasteiger partial charge >= 0.3 is 0 Å². The summed E-state index contributed by atoms with van der Waals surface area (Å²) in [6.07, 6.45) is 2.64. The number of benzene rings is 2. The first kappa shape index (κ1) is 19.7. The Morgan fingerprint density at radius 1 is 1.10 bits per heavy atom. The molecule has 9 heteroatoms. The van der Waals surface area contributed by atoms with Gasteiger partial charge in [-0.15, -0.1) is 10.2 Å². The number of fused-ring (bicyclic) bond motifs is 4. The average Bonchev–Trinajstić information content (AvgIpc) is 3.29. The van der Waals surface area contributed by atoms with E-state index in [-0.39, 0.29) is 0 Å². The van der Waals surface area contributed by atoms with Crippen molar-refractivity contribution in [3.8, 4) is 16.8 Å². The lowest BCUT2D eigenvalue weighted by Crippen LogP contribution is -2.36. The van der Waals surface area contributed by atoms with E-state index in [2.05, 4.69) is 15.5 Å². The van der Waals surface area contributed by atoms with Crippen molar-refractivity contribution in [1.82, 2.24) is 18.7 Å². The van der Waals surface area contributed by atoms with Crippen LogP contribution in [0.5, 0.6) is 0 Å². The molecule has 1 aliphatic heterocycles. The molecule has 0 radical (unpaired) electrons. The smallest absolute Gasteiger partial charge is 0.236 e. The van der Waals surface area contributed by atoms with Crippen LogP contribution in [-0.4, -0.2) is 33.4 Å². The van der Waals surface area contributed by atoms with Crippen LogP contribution in [0.2, 0.25) is 0 Å². The number of nitrogens with zero attached hydrogens (tertiary/aromatic N) is 4. The van der Waals surface area contributed by atoms with E-state index < -0.39 is 21.4 Å². The van der Waals surface area contributed by atoms with Crippen LogP contribution in [0.1, 0.15) is 31.1 Å². The summed E-state index contributed by atoms with van der Waals surface area (Å²) < 4.78 is 43.4. The molecular formula is C22H22FN5O2S. The van der Waals surface area contributed by atoms with Crippen molar-refractivity contribution in [2.75, 3.05) is 11.6 Å². The van der Waals surface area contributed by atoms with Crippen LogP contribution < -0.4 is 5.32 Å². The van der Waals surface area contributed by atoms with E-state index in [9.17, 15) is 8.42 Å². The number of anilines is 1. The molecule has 0 fully saturated rings. The van der Waals surface area contributed by atoms with E-state index in [1.165, 1.54) is 10.2 Å². The molecule has 0 amide bonds. The largest absolute Gasteiger partial charge is 0.371 e. The van der Waals surface area contributed by atoms with Crippen molar-refractivity contribution in [3.63, 3.8) is 0 Å². The zero-order valence-corrected chi connectivity index (χ0v) is 18.7. The van der Waals surface area contributed by atoms with E-state index in [1.54, 1.807) is 41.8 Å². The topological polar surface area (TPSA) is 81.8 Å². The van der Waals surface area contributed by atoms with Crippen LogP contribution in [0.15, 0.2) is 36.5 Å². The first-order valence-electron chi connectivity index (χ1n) is 9.86. The van der Waals surface area contributed by atoms with Gasteiger partial charge < -0.3 is 5.32 Å². The van der Waals surface area contributed by atoms with Crippen LogP contribution in [-0.2, 0) is 15.6 Å². The maximum absolute atomic E-state index is 16.1. The summed E-state index contributed by atoms with van der Waals surface area (Å²) in [6, 6.07) is 8.77. The molecule has 0 unspecified atom stereocenters. The van der Waals surface area contributed by atoms with Crippen LogP contribution in [0.4, 0.5) is 10.1 Å². The zero-order chi connectivity index (χ0) is 22.3. The molecule has 160 valence electrons. The Balaban J connectivity index is 1.84. The molecule has 31 heavy (non-hydrogen) atoms. The van der Waals surface area contributed by atoms with E-state index >= 15 is 4.39 Å². The summed E-state index contributed by atoms with van der Waals surface area (Å²) in [5, 5.41) is 12.5. The predicted molar refractivity (Wildman–Crippen MR) is 119 cm³/mol. The van der Waals surface area contributed by atoms with Gasteiger partial charge in [-0.1, -0.05) is 12.1 Å². The molecule has 3 heterocycles. The maximum Gasteiger partial charge on any atom is 0.236 e. The maximum atomic E-state index is 16.1. The molecular weight excluding hydrogens is 417 g/mol. The SMILES string of the molecule is Cc1cc(-c2cccc3c2ccn3S(C)(=O)=O)c(F)c2c1NC(C)(C)c1nnc(C)n1-2. The highest BCUT2D eigenvalue weighted by atomic mass is 32.2. The summed E-state index contributed by atoms with van der Waals surface area (Å²) in [5.74, 6) is 0.824. The number of hydrogen-bond donors (Lipinski definition) is 1. The van der Waals surface area contributed by atoms with Gasteiger partial charge in [0.05, 0.1) is 23.0 Å². The number of aromatic nitrogens is 4. The lowest BCUT2D eigenvalue weighted by atomic mass is 9.93. The fraction of sp³-hybridized carbons (Fsp3) is 0.273. The van der Waals surface area contributed by atoms with Crippen LogP contribution >= 0.6 is 0 Å². The molecule has 4 aromatic rings. The van der Waals surface area contributed by atoms with Crippen LogP contribution in [0.3, 0.4) is 0 Å². The quantitative estimate of drug-likeness (QED) is 0.508. The van der Waals surface area contributed by atoms with Crippen LogP contribution in [0, 0.1) is 19.7 Å². The van der Waals surface area contributed by atoms with Gasteiger partial charge in [0.2, 0.25) is 10.0 Å². The zero-order valence-electron chi connectivity index (χ0n) is 17.9. The Hall–Kier alpha value is -3.20. The van der Waals surface area contributed by atoms with Gasteiger partial charge in [0, 0.05) is 17.1 Å². The summed E-state index contributed by atoms with van der Waals surface area (Å²) >= 11 is 0. The monoisotopic (exact) mass is 439 g/mol. The minimum atomic E-state index is -3.48. The number of nitrogens with one attached hydrogen (secondary N) is 1. The first-order chi connectivity index (χ1) is 14.5. The highest BCUT2D eigenvalue weighted by molar-refractivity contribution is 7.89. The fourth-order valence-corrected chi connectivity index (χ4v) is 5.21. The molecule has 2 aromatic heterocycles. The number of halogens is 1. The minimum absolute atomic E-state index is 0.381. The molecule has 2 aromatic carbocycles. The summed E-state index contributed by atoms with van der Waals surface area (Å²) in [7, 11) is -3.48. The second kappa shape index (κ2) is 6.16. The van der Waals surface area contributed by atoms with Crippen molar-refractivity contribution in [2.24, 2.45) is 0 Å². The molecule has 1 N–H and O–H groups in total. The third-order valence-electron chi connectivity index (χ3n) is 5.83. The van der Waals surface area contributed by atoms with E-state index in [4.69, 9.17) is 0 Å². The standard InChI is InChI=1S/C22H22FN5O2S/c1-12-11-16(14-7-6-8-17-15(14)9-10-27(17)31(5,29)30)18(23)20-19(12)24-22(3,4)21-26-25-13(2)28(20)21/h6-11,24H,1-5H3. The van der Waals surface area contributed by atoms with Crippen molar-refractivity contribution < 1.29 is 12.8 Å². The number of hydrogen-bond acceptors (Lipinski definition) is 5. The summed E-state index contributed by atoms with van der Waals surface area (Å²) in [5.41, 5.74) is 2.97. The van der Waals surface area contributed by atoms with Crippen molar-refractivity contribution >= 4 is 26.6 Å². The molecule has 0 aliphatic carbocycles. The van der Waals surface area contributed by atoms with Gasteiger partial charge in [-0.05, 0) is 57.0 Å². The van der Waals surface area contributed by atoms with Gasteiger partial charge in [0.1, 0.15) is 11.5 Å². The lowest BCUT2D eigenvalue weighted by molar-refractivity contribution is 0.522. The van der Waals surface area contributed by atoms with Crippen molar-refractivity contribution in [3.05, 3.63) is 59.6 Å². The molecule has 5 rings (SSSR count). The highest BCUT2D eigenvalue weighted by Crippen LogP contribution is 2.44. The van der Waals surface area contributed by atoms with Gasteiger partial charge in [0.25, 0.3) is 0 Å². The third kappa shape index (κ3) is 2.72. The molecule has 0 saturated carbocycles. The number of rotatable bonds is 2. The highest BCUT2D eigenvalue weighted by Gasteiger charge is 2.37. The lowest BCUT2D eigenvalue weighted by Gasteiger charge is -2.35.